The minimum atomic E-state index is -0.562. The number of nitrogens with zero attached hydrogens (tertiary/aromatic N) is 2. The van der Waals surface area contributed by atoms with Crippen LogP contribution in [0.1, 0.15) is 42.5 Å². The van der Waals surface area contributed by atoms with Crippen LogP contribution in [0.25, 0.3) is 0 Å². The van der Waals surface area contributed by atoms with Crippen molar-refractivity contribution in [3.05, 3.63) is 17.0 Å². The van der Waals surface area contributed by atoms with E-state index in [1.54, 1.807) is 4.90 Å². The van der Waals surface area contributed by atoms with Gasteiger partial charge in [-0.2, -0.15) is 5.10 Å². The first-order valence-electron chi connectivity index (χ1n) is 5.46. The van der Waals surface area contributed by atoms with Crippen LogP contribution < -0.4 is 5.73 Å². The van der Waals surface area contributed by atoms with Crippen LogP contribution in [0, 0.1) is 5.41 Å². The average Bonchev–Trinajstić information content (AvgIpc) is 2.71. The molecule has 6 nitrogen and oxygen atoms in total. The molecular formula is C11H16N4O2. The molecule has 2 amide bonds. The van der Waals surface area contributed by atoms with Crippen molar-refractivity contribution in [2.45, 2.75) is 33.9 Å². The first-order chi connectivity index (χ1) is 7.80. The number of nitrogens with two attached hydrogens (primary N) is 1. The van der Waals surface area contributed by atoms with Gasteiger partial charge >= 0.3 is 0 Å². The van der Waals surface area contributed by atoms with Crippen molar-refractivity contribution in [3.8, 4) is 0 Å². The van der Waals surface area contributed by atoms with E-state index in [4.69, 9.17) is 5.73 Å². The Bertz CT molecular complexity index is 484. The zero-order valence-electron chi connectivity index (χ0n) is 10.2. The zero-order valence-corrected chi connectivity index (χ0v) is 10.2. The quantitative estimate of drug-likeness (QED) is 0.739. The van der Waals surface area contributed by atoms with Gasteiger partial charge in [-0.25, -0.2) is 0 Å². The fraction of sp³-hybridized carbons (Fsp3) is 0.545. The number of fused-ring (bicyclic) bond motifs is 1. The van der Waals surface area contributed by atoms with E-state index >= 15 is 0 Å². The number of H-pyrrole nitrogens is 1. The normalized spacial score (nSPS) is 14.9. The van der Waals surface area contributed by atoms with Gasteiger partial charge in [-0.3, -0.25) is 14.7 Å². The van der Waals surface area contributed by atoms with E-state index in [-0.39, 0.29) is 11.6 Å². The summed E-state index contributed by atoms with van der Waals surface area (Å²) in [7, 11) is 0. The van der Waals surface area contributed by atoms with Gasteiger partial charge in [-0.1, -0.05) is 20.8 Å². The monoisotopic (exact) mass is 236 g/mol. The maximum atomic E-state index is 12.1. The third kappa shape index (κ3) is 1.90. The molecule has 1 aliphatic heterocycles. The van der Waals surface area contributed by atoms with E-state index in [2.05, 4.69) is 10.2 Å². The van der Waals surface area contributed by atoms with Crippen LogP contribution in [-0.4, -0.2) is 26.9 Å². The van der Waals surface area contributed by atoms with Crippen LogP contribution in [0.2, 0.25) is 0 Å². The first kappa shape index (κ1) is 11.6. The Balaban J connectivity index is 2.23. The molecule has 6 heteroatoms. The molecule has 3 N–H and O–H groups in total. The molecule has 0 saturated heterocycles. The summed E-state index contributed by atoms with van der Waals surface area (Å²) in [5, 5.41) is 6.61. The van der Waals surface area contributed by atoms with Gasteiger partial charge < -0.3 is 10.6 Å². The zero-order chi connectivity index (χ0) is 12.8. The molecule has 0 radical (unpaired) electrons. The summed E-state index contributed by atoms with van der Waals surface area (Å²) in [4.78, 5) is 24.9. The molecule has 0 aromatic carbocycles. The minimum Gasteiger partial charge on any atom is -0.364 e. The summed E-state index contributed by atoms with van der Waals surface area (Å²) in [6, 6.07) is 0. The highest BCUT2D eigenvalue weighted by Crippen LogP contribution is 2.28. The highest BCUT2D eigenvalue weighted by Gasteiger charge is 2.34. The van der Waals surface area contributed by atoms with Gasteiger partial charge in [0.1, 0.15) is 0 Å². The SMILES string of the molecule is CC(C)(C)C(=O)N1Cc2[nH]nc(C(N)=O)c2C1. The third-order valence-corrected chi connectivity index (χ3v) is 2.81. The predicted molar refractivity (Wildman–Crippen MR) is 60.8 cm³/mol. The molecule has 17 heavy (non-hydrogen) atoms. The molecule has 2 heterocycles. The largest absolute Gasteiger partial charge is 0.364 e. The summed E-state index contributed by atoms with van der Waals surface area (Å²) in [6.07, 6.45) is 0. The van der Waals surface area contributed by atoms with Gasteiger partial charge in [0, 0.05) is 11.0 Å². The summed E-state index contributed by atoms with van der Waals surface area (Å²) in [5.41, 5.74) is 6.57. The van der Waals surface area contributed by atoms with Crippen molar-refractivity contribution >= 4 is 11.8 Å². The Morgan fingerprint density at radius 3 is 2.53 bits per heavy atom. The molecule has 0 unspecified atom stereocenters. The van der Waals surface area contributed by atoms with Gasteiger partial charge in [0.25, 0.3) is 5.91 Å². The molecule has 1 aromatic rings. The lowest BCUT2D eigenvalue weighted by atomic mass is 9.95. The summed E-state index contributed by atoms with van der Waals surface area (Å²) >= 11 is 0. The number of hydrogen-bond donors (Lipinski definition) is 2. The maximum absolute atomic E-state index is 12.1. The fourth-order valence-electron chi connectivity index (χ4n) is 1.96. The lowest BCUT2D eigenvalue weighted by Crippen LogP contribution is -2.36. The number of carbonyl (C=O) groups is 2. The number of primary amides is 1. The van der Waals surface area contributed by atoms with Crippen LogP contribution in [0.5, 0.6) is 0 Å². The molecule has 0 bridgehead atoms. The Kier molecular flexibility index (Phi) is 2.45. The average molecular weight is 236 g/mol. The van der Waals surface area contributed by atoms with Crippen LogP contribution in [0.15, 0.2) is 0 Å². The van der Waals surface area contributed by atoms with E-state index < -0.39 is 11.3 Å². The number of aromatic nitrogens is 2. The van der Waals surface area contributed by atoms with Crippen molar-refractivity contribution < 1.29 is 9.59 Å². The Morgan fingerprint density at radius 2 is 2.00 bits per heavy atom. The molecule has 0 saturated carbocycles. The van der Waals surface area contributed by atoms with E-state index in [1.165, 1.54) is 0 Å². The van der Waals surface area contributed by atoms with Gasteiger partial charge in [-0.05, 0) is 0 Å². The second-order valence-electron chi connectivity index (χ2n) is 5.30. The lowest BCUT2D eigenvalue weighted by Gasteiger charge is -2.25. The van der Waals surface area contributed by atoms with Crippen molar-refractivity contribution in [1.29, 1.82) is 0 Å². The number of carbonyl (C=O) groups excluding carboxylic acids is 2. The Labute approximate surface area is 99.2 Å². The van der Waals surface area contributed by atoms with Crippen molar-refractivity contribution in [2.75, 3.05) is 0 Å². The van der Waals surface area contributed by atoms with Gasteiger partial charge in [0.15, 0.2) is 5.69 Å². The molecule has 0 atom stereocenters. The van der Waals surface area contributed by atoms with Crippen molar-refractivity contribution in [1.82, 2.24) is 15.1 Å². The molecule has 1 aromatic heterocycles. The highest BCUT2D eigenvalue weighted by atomic mass is 16.2. The van der Waals surface area contributed by atoms with E-state index in [0.717, 1.165) is 11.3 Å². The lowest BCUT2D eigenvalue weighted by molar-refractivity contribution is -0.140. The van der Waals surface area contributed by atoms with E-state index in [1.807, 2.05) is 20.8 Å². The second kappa shape index (κ2) is 3.58. The topological polar surface area (TPSA) is 92.1 Å². The van der Waals surface area contributed by atoms with Gasteiger partial charge in [0.05, 0.1) is 18.8 Å². The van der Waals surface area contributed by atoms with Crippen molar-refractivity contribution in [2.24, 2.45) is 11.1 Å². The number of amides is 2. The number of aromatic amines is 1. The van der Waals surface area contributed by atoms with Gasteiger partial charge in [0.2, 0.25) is 5.91 Å². The molecule has 0 fully saturated rings. The predicted octanol–water partition coefficient (Wildman–Crippen LogP) is 0.397. The molecule has 0 spiro atoms. The third-order valence-electron chi connectivity index (χ3n) is 2.81. The molecule has 1 aliphatic rings. The summed E-state index contributed by atoms with van der Waals surface area (Å²) in [5.74, 6) is -0.509. The fourth-order valence-corrected chi connectivity index (χ4v) is 1.96. The minimum absolute atomic E-state index is 0.0533. The second-order valence-corrected chi connectivity index (χ2v) is 5.30. The van der Waals surface area contributed by atoms with E-state index in [0.29, 0.717) is 13.1 Å². The van der Waals surface area contributed by atoms with Crippen LogP contribution in [-0.2, 0) is 17.9 Å². The van der Waals surface area contributed by atoms with Gasteiger partial charge in [-0.15, -0.1) is 0 Å². The van der Waals surface area contributed by atoms with E-state index in [9.17, 15) is 9.59 Å². The first-order valence-corrected chi connectivity index (χ1v) is 5.46. The van der Waals surface area contributed by atoms with Crippen LogP contribution in [0.3, 0.4) is 0 Å². The summed E-state index contributed by atoms with van der Waals surface area (Å²) < 4.78 is 0. The number of nitrogens with one attached hydrogen (secondary N) is 1. The smallest absolute Gasteiger partial charge is 0.269 e. The number of hydrogen-bond acceptors (Lipinski definition) is 3. The molecule has 2 rings (SSSR count). The Morgan fingerprint density at radius 1 is 1.35 bits per heavy atom. The maximum Gasteiger partial charge on any atom is 0.269 e. The molecule has 92 valence electrons. The Hall–Kier alpha value is -1.85. The summed E-state index contributed by atoms with van der Waals surface area (Å²) in [6.45, 7) is 6.48. The molecular weight excluding hydrogens is 220 g/mol. The van der Waals surface area contributed by atoms with Crippen LogP contribution in [0.4, 0.5) is 0 Å². The molecule has 0 aliphatic carbocycles. The number of rotatable bonds is 1. The van der Waals surface area contributed by atoms with Crippen LogP contribution >= 0.6 is 0 Å². The standard InChI is InChI=1S/C11H16N4O2/c1-11(2,3)10(17)15-4-6-7(5-15)13-14-8(6)9(12)16/h4-5H2,1-3H3,(H2,12,16)(H,13,14). The van der Waals surface area contributed by atoms with Crippen molar-refractivity contribution in [3.63, 3.8) is 0 Å². The highest BCUT2D eigenvalue weighted by molar-refractivity contribution is 5.93.